The summed E-state index contributed by atoms with van der Waals surface area (Å²) in [5.74, 6) is -0.0947. The molecule has 2 N–H and O–H groups in total. The summed E-state index contributed by atoms with van der Waals surface area (Å²) in [6, 6.07) is 7.54. The third kappa shape index (κ3) is 4.36. The first kappa shape index (κ1) is 17.0. The maximum Gasteiger partial charge on any atom is 0.276 e. The van der Waals surface area contributed by atoms with Crippen LogP contribution in [0, 0.1) is 0 Å². The molecule has 0 atom stereocenters. The van der Waals surface area contributed by atoms with Gasteiger partial charge in [-0.15, -0.1) is 11.3 Å². The van der Waals surface area contributed by atoms with E-state index in [1.165, 1.54) is 11.3 Å². The number of amides is 2. The molecule has 0 fully saturated rings. The van der Waals surface area contributed by atoms with E-state index < -0.39 is 5.91 Å². The van der Waals surface area contributed by atoms with Crippen LogP contribution in [-0.2, 0) is 22.4 Å². The quantitative estimate of drug-likeness (QED) is 0.657. The first-order valence-electron chi connectivity index (χ1n) is 7.85. The average molecular weight is 358 g/mol. The van der Waals surface area contributed by atoms with Crippen molar-refractivity contribution in [3.05, 3.63) is 53.3 Å². The molecular weight excluding hydrogens is 340 g/mol. The highest BCUT2D eigenvalue weighted by Crippen LogP contribution is 2.17. The van der Waals surface area contributed by atoms with Gasteiger partial charge in [0.15, 0.2) is 11.6 Å². The highest BCUT2D eigenvalue weighted by atomic mass is 32.1. The van der Waals surface area contributed by atoms with Gasteiger partial charge in [0.05, 0.1) is 12.1 Å². The third-order valence-corrected chi connectivity index (χ3v) is 4.31. The van der Waals surface area contributed by atoms with E-state index in [2.05, 4.69) is 15.8 Å². The second-order valence-corrected chi connectivity index (χ2v) is 6.22. The van der Waals surface area contributed by atoms with E-state index in [4.69, 9.17) is 4.74 Å². The molecule has 0 aliphatic rings. The number of aryl methyl sites for hydroxylation is 1. The molecule has 25 heavy (non-hydrogen) atoms. The number of aromatic nitrogens is 2. The lowest BCUT2D eigenvalue weighted by atomic mass is 10.1. The van der Waals surface area contributed by atoms with Gasteiger partial charge in [-0.25, -0.2) is 4.98 Å². The number of fused-ring (bicyclic) bond motifs is 1. The van der Waals surface area contributed by atoms with Gasteiger partial charge >= 0.3 is 0 Å². The van der Waals surface area contributed by atoms with Crippen molar-refractivity contribution in [1.29, 1.82) is 0 Å². The minimum Gasteiger partial charge on any atom is -0.483 e. The van der Waals surface area contributed by atoms with Crippen molar-refractivity contribution in [3.63, 3.8) is 0 Å². The Kier molecular flexibility index (Phi) is 5.30. The van der Waals surface area contributed by atoms with Crippen molar-refractivity contribution in [1.82, 2.24) is 20.2 Å². The highest BCUT2D eigenvalue weighted by molar-refractivity contribution is 7.15. The maximum absolute atomic E-state index is 11.9. The fourth-order valence-electron chi connectivity index (χ4n) is 2.33. The Labute approximate surface area is 148 Å². The monoisotopic (exact) mass is 358 g/mol. The van der Waals surface area contributed by atoms with E-state index in [1.807, 2.05) is 47.2 Å². The first-order chi connectivity index (χ1) is 12.2. The zero-order valence-corrected chi connectivity index (χ0v) is 14.5. The normalized spacial score (nSPS) is 10.6. The van der Waals surface area contributed by atoms with Crippen LogP contribution in [0.4, 0.5) is 0 Å². The zero-order valence-electron chi connectivity index (χ0n) is 13.7. The number of nitrogens with one attached hydrogen (secondary N) is 2. The minimum atomic E-state index is -0.426. The third-order valence-electron chi connectivity index (χ3n) is 3.54. The van der Waals surface area contributed by atoms with Crippen LogP contribution in [0.25, 0.3) is 4.96 Å². The van der Waals surface area contributed by atoms with Gasteiger partial charge in [0.1, 0.15) is 5.75 Å². The Morgan fingerprint density at radius 3 is 2.84 bits per heavy atom. The molecule has 0 saturated heterocycles. The summed E-state index contributed by atoms with van der Waals surface area (Å²) in [7, 11) is 0. The number of hydrogen-bond donors (Lipinski definition) is 2. The van der Waals surface area contributed by atoms with Gasteiger partial charge in [0, 0.05) is 17.8 Å². The summed E-state index contributed by atoms with van der Waals surface area (Å²) < 4.78 is 7.34. The van der Waals surface area contributed by atoms with Crippen LogP contribution in [0.1, 0.15) is 18.2 Å². The van der Waals surface area contributed by atoms with Crippen molar-refractivity contribution in [3.8, 4) is 5.75 Å². The summed E-state index contributed by atoms with van der Waals surface area (Å²) in [6.07, 6.45) is 4.57. The Morgan fingerprint density at radius 1 is 1.24 bits per heavy atom. The van der Waals surface area contributed by atoms with Gasteiger partial charge < -0.3 is 4.74 Å². The average Bonchev–Trinajstić information content (AvgIpc) is 3.19. The smallest absolute Gasteiger partial charge is 0.276 e. The molecule has 2 amide bonds. The van der Waals surface area contributed by atoms with Crippen molar-refractivity contribution in [2.24, 2.45) is 0 Å². The van der Waals surface area contributed by atoms with E-state index in [-0.39, 0.29) is 18.9 Å². The van der Waals surface area contributed by atoms with Crippen LogP contribution in [0.3, 0.4) is 0 Å². The van der Waals surface area contributed by atoms with Crippen LogP contribution < -0.4 is 15.6 Å². The number of nitrogens with zero attached hydrogens (tertiary/aromatic N) is 2. The lowest BCUT2D eigenvalue weighted by Crippen LogP contribution is -2.44. The van der Waals surface area contributed by atoms with Crippen molar-refractivity contribution < 1.29 is 14.3 Å². The molecule has 0 saturated carbocycles. The van der Waals surface area contributed by atoms with Gasteiger partial charge in [-0.2, -0.15) is 0 Å². The first-order valence-corrected chi connectivity index (χ1v) is 8.73. The zero-order chi connectivity index (χ0) is 17.6. The predicted octanol–water partition coefficient (Wildman–Crippen LogP) is 1.73. The Hall–Kier alpha value is -2.87. The molecule has 0 spiro atoms. The molecular formula is C17H18N4O3S. The summed E-state index contributed by atoms with van der Waals surface area (Å²) in [5, 5.41) is 1.92. The standard InChI is InChI=1S/C17H18N4O3S/c1-2-12-5-3-4-6-14(12)24-11-16(23)20-19-15(22)9-13-10-21-7-8-25-17(21)18-13/h3-8,10H,2,9,11H2,1H3,(H,19,22)(H,20,23). The minimum absolute atomic E-state index is 0.0915. The molecule has 0 aliphatic carbocycles. The summed E-state index contributed by atoms with van der Waals surface area (Å²) in [5.41, 5.74) is 6.38. The van der Waals surface area contributed by atoms with Crippen LogP contribution in [0.2, 0.25) is 0 Å². The van der Waals surface area contributed by atoms with Crippen LogP contribution in [0.15, 0.2) is 42.0 Å². The highest BCUT2D eigenvalue weighted by Gasteiger charge is 2.10. The van der Waals surface area contributed by atoms with Gasteiger partial charge in [-0.1, -0.05) is 25.1 Å². The molecule has 0 radical (unpaired) electrons. The second-order valence-electron chi connectivity index (χ2n) is 5.35. The lowest BCUT2D eigenvalue weighted by molar-refractivity contribution is -0.129. The number of hydrogen-bond acceptors (Lipinski definition) is 5. The van der Waals surface area contributed by atoms with Crippen molar-refractivity contribution in [2.45, 2.75) is 19.8 Å². The molecule has 0 bridgehead atoms. The van der Waals surface area contributed by atoms with Crippen molar-refractivity contribution in [2.75, 3.05) is 6.61 Å². The maximum atomic E-state index is 11.9. The molecule has 0 aliphatic heterocycles. The van der Waals surface area contributed by atoms with Gasteiger partial charge in [-0.05, 0) is 18.1 Å². The van der Waals surface area contributed by atoms with Crippen LogP contribution in [0.5, 0.6) is 5.75 Å². The Morgan fingerprint density at radius 2 is 2.04 bits per heavy atom. The second kappa shape index (κ2) is 7.80. The van der Waals surface area contributed by atoms with E-state index in [0.717, 1.165) is 16.9 Å². The molecule has 1 aromatic carbocycles. The van der Waals surface area contributed by atoms with Crippen molar-refractivity contribution >= 4 is 28.1 Å². The number of carbonyl (C=O) groups excluding carboxylic acids is 2. The molecule has 0 unspecified atom stereocenters. The number of carbonyl (C=O) groups is 2. The Balaban J connectivity index is 1.43. The van der Waals surface area contributed by atoms with E-state index in [0.29, 0.717) is 11.4 Å². The number of rotatable bonds is 6. The van der Waals surface area contributed by atoms with Gasteiger partial charge in [-0.3, -0.25) is 24.8 Å². The topological polar surface area (TPSA) is 84.7 Å². The fraction of sp³-hybridized carbons (Fsp3) is 0.235. The summed E-state index contributed by atoms with van der Waals surface area (Å²) in [4.78, 5) is 28.8. The molecule has 2 aromatic heterocycles. The Bertz CT molecular complexity index is 858. The number of hydrazine groups is 1. The number of thiazole rings is 1. The number of imidazole rings is 1. The molecule has 130 valence electrons. The van der Waals surface area contributed by atoms with E-state index >= 15 is 0 Å². The number of para-hydroxylation sites is 1. The van der Waals surface area contributed by atoms with Crippen LogP contribution in [-0.4, -0.2) is 27.8 Å². The SMILES string of the molecule is CCc1ccccc1OCC(=O)NNC(=O)Cc1cn2ccsc2n1. The summed E-state index contributed by atoms with van der Waals surface area (Å²) in [6.45, 7) is 1.85. The number of benzene rings is 1. The molecule has 7 nitrogen and oxygen atoms in total. The largest absolute Gasteiger partial charge is 0.483 e. The lowest BCUT2D eigenvalue weighted by Gasteiger charge is -2.10. The fourth-order valence-corrected chi connectivity index (χ4v) is 3.04. The molecule has 8 heteroatoms. The molecule has 2 heterocycles. The van der Waals surface area contributed by atoms with Gasteiger partial charge in [0.25, 0.3) is 5.91 Å². The predicted molar refractivity (Wildman–Crippen MR) is 94.4 cm³/mol. The van der Waals surface area contributed by atoms with Gasteiger partial charge in [0.2, 0.25) is 5.91 Å². The van der Waals surface area contributed by atoms with E-state index in [9.17, 15) is 9.59 Å². The number of ether oxygens (including phenoxy) is 1. The van der Waals surface area contributed by atoms with Crippen LogP contribution >= 0.6 is 11.3 Å². The van der Waals surface area contributed by atoms with E-state index in [1.54, 1.807) is 6.20 Å². The summed E-state index contributed by atoms with van der Waals surface area (Å²) >= 11 is 1.49. The molecule has 3 aromatic rings. The molecule has 3 rings (SSSR count).